The highest BCUT2D eigenvalue weighted by Crippen LogP contribution is 2.20. The van der Waals surface area contributed by atoms with Crippen LogP contribution in [-0.4, -0.2) is 43.5 Å². The van der Waals surface area contributed by atoms with E-state index in [4.69, 9.17) is 11.6 Å². The molecule has 0 radical (unpaired) electrons. The van der Waals surface area contributed by atoms with Crippen LogP contribution in [0.25, 0.3) is 0 Å². The van der Waals surface area contributed by atoms with Crippen LogP contribution < -0.4 is 10.6 Å². The minimum atomic E-state index is -0.0917. The molecule has 0 fully saturated rings. The lowest BCUT2D eigenvalue weighted by atomic mass is 10.1. The molecular weight excluding hydrogens is 286 g/mol. The zero-order valence-corrected chi connectivity index (χ0v) is 14.1. The van der Waals surface area contributed by atoms with Crippen molar-refractivity contribution < 1.29 is 4.79 Å². The summed E-state index contributed by atoms with van der Waals surface area (Å²) < 4.78 is 0. The van der Waals surface area contributed by atoms with Crippen molar-refractivity contribution in [1.29, 1.82) is 0 Å². The maximum absolute atomic E-state index is 12.3. The first-order valence-electron chi connectivity index (χ1n) is 7.51. The van der Waals surface area contributed by atoms with Gasteiger partial charge in [-0.3, -0.25) is 4.79 Å². The van der Waals surface area contributed by atoms with Crippen molar-refractivity contribution in [2.45, 2.75) is 33.2 Å². The Labute approximate surface area is 132 Å². The maximum atomic E-state index is 12.3. The summed E-state index contributed by atoms with van der Waals surface area (Å²) in [6.45, 7) is 8.56. The zero-order chi connectivity index (χ0) is 15.8. The van der Waals surface area contributed by atoms with Crippen LogP contribution in [0.4, 0.5) is 5.69 Å². The summed E-state index contributed by atoms with van der Waals surface area (Å²) in [7, 11) is 2.07. The highest BCUT2D eigenvalue weighted by molar-refractivity contribution is 6.31. The highest BCUT2D eigenvalue weighted by atomic mass is 35.5. The SMILES string of the molecule is CCNc1ccc(Cl)cc1C(=O)NCCN(C)C(C)CC. The number of benzene rings is 1. The van der Waals surface area contributed by atoms with Gasteiger partial charge in [-0.1, -0.05) is 18.5 Å². The van der Waals surface area contributed by atoms with E-state index in [-0.39, 0.29) is 5.91 Å². The molecule has 0 aliphatic carbocycles. The van der Waals surface area contributed by atoms with E-state index in [0.717, 1.165) is 25.2 Å². The molecule has 0 aromatic heterocycles. The molecule has 0 spiro atoms. The number of halogens is 1. The lowest BCUT2D eigenvalue weighted by Gasteiger charge is -2.23. The van der Waals surface area contributed by atoms with E-state index in [2.05, 4.69) is 36.4 Å². The molecule has 1 atom stereocenters. The summed E-state index contributed by atoms with van der Waals surface area (Å²) in [6.07, 6.45) is 1.10. The normalized spacial score (nSPS) is 12.3. The Morgan fingerprint density at radius 1 is 1.38 bits per heavy atom. The van der Waals surface area contributed by atoms with Gasteiger partial charge in [0.2, 0.25) is 0 Å². The Kier molecular flexibility index (Phi) is 7.54. The second-order valence-electron chi connectivity index (χ2n) is 5.21. The van der Waals surface area contributed by atoms with Crippen molar-refractivity contribution in [3.8, 4) is 0 Å². The van der Waals surface area contributed by atoms with Gasteiger partial charge < -0.3 is 15.5 Å². The molecule has 21 heavy (non-hydrogen) atoms. The van der Waals surface area contributed by atoms with Gasteiger partial charge in [0.25, 0.3) is 5.91 Å². The van der Waals surface area contributed by atoms with Gasteiger partial charge >= 0.3 is 0 Å². The van der Waals surface area contributed by atoms with Crippen molar-refractivity contribution in [3.05, 3.63) is 28.8 Å². The number of carbonyl (C=O) groups is 1. The Balaban J connectivity index is 2.61. The van der Waals surface area contributed by atoms with E-state index >= 15 is 0 Å². The Morgan fingerprint density at radius 3 is 2.71 bits per heavy atom. The van der Waals surface area contributed by atoms with Crippen LogP contribution in [-0.2, 0) is 0 Å². The molecule has 0 saturated heterocycles. The predicted molar refractivity (Wildman–Crippen MR) is 90.3 cm³/mol. The third kappa shape index (κ3) is 5.56. The molecule has 1 aromatic carbocycles. The lowest BCUT2D eigenvalue weighted by Crippen LogP contribution is -2.37. The van der Waals surface area contributed by atoms with Gasteiger partial charge in [-0.05, 0) is 45.5 Å². The van der Waals surface area contributed by atoms with Crippen molar-refractivity contribution in [2.75, 3.05) is 32.0 Å². The van der Waals surface area contributed by atoms with Gasteiger partial charge in [0.1, 0.15) is 0 Å². The monoisotopic (exact) mass is 311 g/mol. The topological polar surface area (TPSA) is 44.4 Å². The number of rotatable bonds is 8. The van der Waals surface area contributed by atoms with E-state index in [1.54, 1.807) is 12.1 Å². The van der Waals surface area contributed by atoms with Crippen LogP contribution in [0.3, 0.4) is 0 Å². The predicted octanol–water partition coefficient (Wildman–Crippen LogP) is 3.23. The zero-order valence-electron chi connectivity index (χ0n) is 13.4. The van der Waals surface area contributed by atoms with Crippen molar-refractivity contribution in [2.24, 2.45) is 0 Å². The molecule has 5 heteroatoms. The smallest absolute Gasteiger partial charge is 0.253 e. The summed E-state index contributed by atoms with van der Waals surface area (Å²) in [6, 6.07) is 5.84. The molecule has 1 aromatic rings. The molecule has 2 N–H and O–H groups in total. The Morgan fingerprint density at radius 2 is 2.10 bits per heavy atom. The van der Waals surface area contributed by atoms with Gasteiger partial charge in [-0.2, -0.15) is 0 Å². The molecule has 0 aliphatic rings. The molecule has 0 saturated carbocycles. The molecule has 1 amide bonds. The first-order chi connectivity index (χ1) is 9.99. The van der Waals surface area contributed by atoms with Gasteiger partial charge in [0.15, 0.2) is 0 Å². The number of hydrogen-bond donors (Lipinski definition) is 2. The number of likely N-dealkylation sites (N-methyl/N-ethyl adjacent to an activating group) is 1. The molecule has 0 heterocycles. The molecule has 0 aliphatic heterocycles. The third-order valence-corrected chi connectivity index (χ3v) is 3.92. The first-order valence-corrected chi connectivity index (χ1v) is 7.89. The number of amides is 1. The highest BCUT2D eigenvalue weighted by Gasteiger charge is 2.12. The second-order valence-corrected chi connectivity index (χ2v) is 5.65. The van der Waals surface area contributed by atoms with E-state index in [1.165, 1.54) is 0 Å². The molecule has 4 nitrogen and oxygen atoms in total. The van der Waals surface area contributed by atoms with Crippen LogP contribution in [0.2, 0.25) is 5.02 Å². The van der Waals surface area contributed by atoms with Crippen molar-refractivity contribution >= 4 is 23.2 Å². The second kappa shape index (κ2) is 8.90. The van der Waals surface area contributed by atoms with Crippen LogP contribution >= 0.6 is 11.6 Å². The summed E-state index contributed by atoms with van der Waals surface area (Å²) in [5.74, 6) is -0.0917. The van der Waals surface area contributed by atoms with Crippen molar-refractivity contribution in [1.82, 2.24) is 10.2 Å². The van der Waals surface area contributed by atoms with E-state index in [0.29, 0.717) is 23.2 Å². The fourth-order valence-corrected chi connectivity index (χ4v) is 2.19. The number of carbonyl (C=O) groups excluding carboxylic acids is 1. The first kappa shape index (κ1) is 17.8. The maximum Gasteiger partial charge on any atom is 0.253 e. The largest absolute Gasteiger partial charge is 0.385 e. The summed E-state index contributed by atoms with van der Waals surface area (Å²) in [4.78, 5) is 14.5. The minimum absolute atomic E-state index is 0.0917. The quantitative estimate of drug-likeness (QED) is 0.774. The van der Waals surface area contributed by atoms with Gasteiger partial charge in [0.05, 0.1) is 5.56 Å². The van der Waals surface area contributed by atoms with Crippen LogP contribution in [0, 0.1) is 0 Å². The van der Waals surface area contributed by atoms with Crippen LogP contribution in [0.5, 0.6) is 0 Å². The van der Waals surface area contributed by atoms with E-state index in [1.807, 2.05) is 13.0 Å². The fraction of sp³-hybridized carbons (Fsp3) is 0.562. The summed E-state index contributed by atoms with van der Waals surface area (Å²) >= 11 is 5.99. The molecule has 0 bridgehead atoms. The van der Waals surface area contributed by atoms with Crippen LogP contribution in [0.15, 0.2) is 18.2 Å². The van der Waals surface area contributed by atoms with Crippen LogP contribution in [0.1, 0.15) is 37.6 Å². The van der Waals surface area contributed by atoms with Crippen molar-refractivity contribution in [3.63, 3.8) is 0 Å². The number of nitrogens with zero attached hydrogens (tertiary/aromatic N) is 1. The molecular formula is C16H26ClN3O. The number of hydrogen-bond acceptors (Lipinski definition) is 3. The molecule has 1 unspecified atom stereocenters. The molecule has 118 valence electrons. The van der Waals surface area contributed by atoms with E-state index < -0.39 is 0 Å². The Hall–Kier alpha value is -1.26. The standard InChI is InChI=1S/C16H26ClN3O/c1-5-12(3)20(4)10-9-19-16(21)14-11-13(17)7-8-15(14)18-6-2/h7-8,11-12,18H,5-6,9-10H2,1-4H3,(H,19,21). The average Bonchev–Trinajstić information content (AvgIpc) is 2.48. The minimum Gasteiger partial charge on any atom is -0.385 e. The van der Waals surface area contributed by atoms with Gasteiger partial charge in [0, 0.05) is 36.4 Å². The number of nitrogens with one attached hydrogen (secondary N) is 2. The van der Waals surface area contributed by atoms with E-state index in [9.17, 15) is 4.79 Å². The third-order valence-electron chi connectivity index (χ3n) is 3.69. The fourth-order valence-electron chi connectivity index (χ4n) is 2.02. The average molecular weight is 312 g/mol. The summed E-state index contributed by atoms with van der Waals surface area (Å²) in [5.41, 5.74) is 1.41. The number of anilines is 1. The Bertz CT molecular complexity index is 465. The summed E-state index contributed by atoms with van der Waals surface area (Å²) in [5, 5.41) is 6.70. The lowest BCUT2D eigenvalue weighted by molar-refractivity contribution is 0.0948. The molecule has 1 rings (SSSR count). The van der Waals surface area contributed by atoms with Gasteiger partial charge in [-0.25, -0.2) is 0 Å². The van der Waals surface area contributed by atoms with Gasteiger partial charge in [-0.15, -0.1) is 0 Å².